The summed E-state index contributed by atoms with van der Waals surface area (Å²) in [5, 5.41) is 3.65. The lowest BCUT2D eigenvalue weighted by Crippen LogP contribution is -1.94. The molecule has 3 heterocycles. The standard InChI is InChI=1S/C40H23ClN2OS/c41-29-22-32(36-30-20-19-28(25-11-5-2-6-12-25)21-33(30)44-34(36)23-29)40-42-37(39-38(43-40)31-13-7-8-14-35(31)45-39)27-17-15-26(16-18-27)24-9-3-1-4-10-24/h1-23H. The highest BCUT2D eigenvalue weighted by atomic mass is 35.5. The van der Waals surface area contributed by atoms with Gasteiger partial charge >= 0.3 is 0 Å². The van der Waals surface area contributed by atoms with Crippen LogP contribution in [0.1, 0.15) is 0 Å². The molecule has 0 atom stereocenters. The molecule has 212 valence electrons. The van der Waals surface area contributed by atoms with Gasteiger partial charge in [-0.15, -0.1) is 11.3 Å². The zero-order valence-corrected chi connectivity index (χ0v) is 25.4. The smallest absolute Gasteiger partial charge is 0.161 e. The molecule has 3 aromatic heterocycles. The number of thiophene rings is 1. The number of hydrogen-bond acceptors (Lipinski definition) is 4. The number of hydrogen-bond donors (Lipinski definition) is 0. The van der Waals surface area contributed by atoms with E-state index >= 15 is 0 Å². The first-order chi connectivity index (χ1) is 22.2. The van der Waals surface area contributed by atoms with Crippen molar-refractivity contribution in [2.75, 3.05) is 0 Å². The second kappa shape index (κ2) is 10.4. The molecule has 0 aliphatic heterocycles. The summed E-state index contributed by atoms with van der Waals surface area (Å²) >= 11 is 8.47. The zero-order valence-electron chi connectivity index (χ0n) is 23.9. The molecule has 0 aliphatic rings. The van der Waals surface area contributed by atoms with E-state index in [9.17, 15) is 0 Å². The summed E-state index contributed by atoms with van der Waals surface area (Å²) < 4.78 is 8.68. The van der Waals surface area contributed by atoms with Crippen molar-refractivity contribution in [3.8, 4) is 44.9 Å². The van der Waals surface area contributed by atoms with Crippen molar-refractivity contribution >= 4 is 65.2 Å². The molecule has 0 bridgehead atoms. The van der Waals surface area contributed by atoms with E-state index in [0.717, 1.165) is 65.5 Å². The van der Waals surface area contributed by atoms with E-state index in [2.05, 4.69) is 103 Å². The van der Waals surface area contributed by atoms with E-state index in [1.807, 2.05) is 36.4 Å². The molecular formula is C40H23ClN2OS. The Morgan fingerprint density at radius 2 is 1.18 bits per heavy atom. The normalized spacial score (nSPS) is 11.7. The maximum absolute atomic E-state index is 6.74. The maximum Gasteiger partial charge on any atom is 0.161 e. The van der Waals surface area contributed by atoms with Gasteiger partial charge in [0, 0.05) is 43.1 Å². The summed E-state index contributed by atoms with van der Waals surface area (Å²) in [6.45, 7) is 0. The Balaban J connectivity index is 1.28. The van der Waals surface area contributed by atoms with Crippen LogP contribution in [0.15, 0.2) is 144 Å². The molecule has 0 saturated heterocycles. The monoisotopic (exact) mass is 614 g/mol. The number of halogens is 1. The van der Waals surface area contributed by atoms with Gasteiger partial charge in [0.05, 0.1) is 15.9 Å². The highest BCUT2D eigenvalue weighted by Gasteiger charge is 2.21. The summed E-state index contributed by atoms with van der Waals surface area (Å²) in [5.74, 6) is 0.621. The predicted octanol–water partition coefficient (Wildman–Crippen LogP) is 12.1. The molecule has 5 heteroatoms. The Kier molecular flexibility index (Phi) is 6.05. The van der Waals surface area contributed by atoms with Gasteiger partial charge in [0.2, 0.25) is 0 Å². The molecule has 45 heavy (non-hydrogen) atoms. The fraction of sp³-hybridized carbons (Fsp3) is 0. The van der Waals surface area contributed by atoms with Gasteiger partial charge in [-0.1, -0.05) is 121 Å². The van der Waals surface area contributed by atoms with Gasteiger partial charge in [-0.05, 0) is 46.5 Å². The summed E-state index contributed by atoms with van der Waals surface area (Å²) in [6, 6.07) is 48.0. The number of rotatable bonds is 4. The van der Waals surface area contributed by atoms with Gasteiger partial charge in [0.25, 0.3) is 0 Å². The fourth-order valence-corrected chi connectivity index (χ4v) is 7.58. The zero-order chi connectivity index (χ0) is 29.9. The lowest BCUT2D eigenvalue weighted by Gasteiger charge is -2.10. The SMILES string of the molecule is Clc1cc(-c2nc(-c3ccc(-c4ccccc4)cc3)c3sc4ccccc4c3n2)c2c(c1)oc1cc(-c3ccccc3)ccc12. The Morgan fingerprint density at radius 3 is 1.96 bits per heavy atom. The minimum atomic E-state index is 0.576. The Hall–Kier alpha value is -5.29. The minimum Gasteiger partial charge on any atom is -0.456 e. The molecule has 0 amide bonds. The number of aromatic nitrogens is 2. The second-order valence-electron chi connectivity index (χ2n) is 11.1. The molecule has 0 N–H and O–H groups in total. The van der Waals surface area contributed by atoms with Crippen LogP contribution in [0.2, 0.25) is 5.02 Å². The van der Waals surface area contributed by atoms with E-state index in [4.69, 9.17) is 26.0 Å². The van der Waals surface area contributed by atoms with Gasteiger partial charge in [-0.25, -0.2) is 9.97 Å². The lowest BCUT2D eigenvalue weighted by atomic mass is 10.0. The predicted molar refractivity (Wildman–Crippen MR) is 189 cm³/mol. The van der Waals surface area contributed by atoms with Gasteiger partial charge in [-0.2, -0.15) is 0 Å². The summed E-state index contributed by atoms with van der Waals surface area (Å²) in [7, 11) is 0. The van der Waals surface area contributed by atoms with Crippen LogP contribution in [0.3, 0.4) is 0 Å². The van der Waals surface area contributed by atoms with E-state index in [1.165, 1.54) is 10.3 Å². The van der Waals surface area contributed by atoms with E-state index < -0.39 is 0 Å². The van der Waals surface area contributed by atoms with Crippen molar-refractivity contribution in [1.29, 1.82) is 0 Å². The molecule has 0 unspecified atom stereocenters. The van der Waals surface area contributed by atoms with E-state index in [-0.39, 0.29) is 0 Å². The molecule has 6 aromatic carbocycles. The average Bonchev–Trinajstić information content (AvgIpc) is 3.66. The molecule has 9 rings (SSSR count). The molecule has 0 fully saturated rings. The van der Waals surface area contributed by atoms with Crippen molar-refractivity contribution in [2.24, 2.45) is 0 Å². The highest BCUT2D eigenvalue weighted by molar-refractivity contribution is 7.26. The van der Waals surface area contributed by atoms with Crippen molar-refractivity contribution in [3.63, 3.8) is 0 Å². The van der Waals surface area contributed by atoms with Gasteiger partial charge < -0.3 is 4.42 Å². The molecular weight excluding hydrogens is 592 g/mol. The van der Waals surface area contributed by atoms with Crippen LogP contribution >= 0.6 is 22.9 Å². The first-order valence-corrected chi connectivity index (χ1v) is 16.0. The molecule has 0 aliphatic carbocycles. The van der Waals surface area contributed by atoms with Crippen LogP contribution in [-0.4, -0.2) is 9.97 Å². The molecule has 0 radical (unpaired) electrons. The topological polar surface area (TPSA) is 38.9 Å². The van der Waals surface area contributed by atoms with Gasteiger partial charge in [-0.3, -0.25) is 0 Å². The number of nitrogens with zero attached hydrogens (tertiary/aromatic N) is 2. The third kappa shape index (κ3) is 4.41. The molecule has 0 saturated carbocycles. The lowest BCUT2D eigenvalue weighted by molar-refractivity contribution is 0.669. The van der Waals surface area contributed by atoms with E-state index in [1.54, 1.807) is 11.3 Å². The number of fused-ring (bicyclic) bond motifs is 6. The van der Waals surface area contributed by atoms with Crippen LogP contribution in [-0.2, 0) is 0 Å². The summed E-state index contributed by atoms with van der Waals surface area (Å²) in [6.07, 6.45) is 0. The first-order valence-electron chi connectivity index (χ1n) is 14.8. The third-order valence-electron chi connectivity index (χ3n) is 8.37. The summed E-state index contributed by atoms with van der Waals surface area (Å²) in [4.78, 5) is 10.5. The Morgan fingerprint density at radius 1 is 0.533 bits per heavy atom. The van der Waals surface area contributed by atoms with Crippen molar-refractivity contribution in [3.05, 3.63) is 145 Å². The van der Waals surface area contributed by atoms with Crippen molar-refractivity contribution < 1.29 is 4.42 Å². The molecule has 9 aromatic rings. The van der Waals surface area contributed by atoms with Crippen molar-refractivity contribution in [2.45, 2.75) is 0 Å². The highest BCUT2D eigenvalue weighted by Crippen LogP contribution is 2.43. The third-order valence-corrected chi connectivity index (χ3v) is 9.76. The quantitative estimate of drug-likeness (QED) is 0.198. The molecule has 0 spiro atoms. The average molecular weight is 615 g/mol. The fourth-order valence-electron chi connectivity index (χ4n) is 6.22. The second-order valence-corrected chi connectivity index (χ2v) is 12.6. The van der Waals surface area contributed by atoms with Crippen LogP contribution < -0.4 is 0 Å². The number of benzene rings is 6. The Labute approximate surface area is 268 Å². The van der Waals surface area contributed by atoms with E-state index in [0.29, 0.717) is 16.4 Å². The van der Waals surface area contributed by atoms with Crippen molar-refractivity contribution in [1.82, 2.24) is 9.97 Å². The summed E-state index contributed by atoms with van der Waals surface area (Å²) in [5.41, 5.74) is 9.83. The first kappa shape index (κ1) is 26.1. The molecule has 3 nitrogen and oxygen atoms in total. The van der Waals surface area contributed by atoms with Gasteiger partial charge in [0.1, 0.15) is 11.2 Å². The largest absolute Gasteiger partial charge is 0.456 e. The van der Waals surface area contributed by atoms with Crippen LogP contribution in [0, 0.1) is 0 Å². The Bertz CT molecular complexity index is 2540. The maximum atomic E-state index is 6.74. The van der Waals surface area contributed by atoms with Crippen LogP contribution in [0.25, 0.3) is 87.1 Å². The number of furan rings is 1. The van der Waals surface area contributed by atoms with Crippen LogP contribution in [0.5, 0.6) is 0 Å². The minimum absolute atomic E-state index is 0.576. The van der Waals surface area contributed by atoms with Crippen LogP contribution in [0.4, 0.5) is 0 Å². The van der Waals surface area contributed by atoms with Gasteiger partial charge in [0.15, 0.2) is 5.82 Å².